The molecule has 2 aromatic carbocycles. The van der Waals surface area contributed by atoms with Gasteiger partial charge in [0.2, 0.25) is 0 Å². The minimum Gasteiger partial charge on any atom is -1.00 e. The van der Waals surface area contributed by atoms with Crippen molar-refractivity contribution in [2.45, 2.75) is 6.54 Å². The van der Waals surface area contributed by atoms with Crippen LogP contribution >= 0.6 is 15.9 Å². The van der Waals surface area contributed by atoms with Crippen molar-refractivity contribution in [1.82, 2.24) is 5.43 Å². The average Bonchev–Trinajstić information content (AvgIpc) is 2.64. The van der Waals surface area contributed by atoms with Crippen LogP contribution in [0.25, 0.3) is 0 Å². The summed E-state index contributed by atoms with van der Waals surface area (Å²) in [6.07, 6.45) is 5.37. The Kier molecular flexibility index (Phi) is 7.51. The summed E-state index contributed by atoms with van der Waals surface area (Å²) in [5, 5.41) is 4.01. The number of rotatable bonds is 5. The highest BCUT2D eigenvalue weighted by atomic mass is 79.9. The summed E-state index contributed by atoms with van der Waals surface area (Å²) in [5.74, 6) is -0.240. The van der Waals surface area contributed by atoms with Crippen molar-refractivity contribution in [2.24, 2.45) is 5.10 Å². The van der Waals surface area contributed by atoms with Gasteiger partial charge in [0, 0.05) is 16.1 Å². The Morgan fingerprint density at radius 1 is 1.04 bits per heavy atom. The molecule has 0 spiro atoms. The molecule has 26 heavy (non-hydrogen) atoms. The molecule has 0 aliphatic heterocycles. The highest BCUT2D eigenvalue weighted by molar-refractivity contribution is 9.10. The molecule has 0 aliphatic carbocycles. The topological polar surface area (TPSA) is 45.3 Å². The van der Waals surface area contributed by atoms with Crippen LogP contribution in [0.1, 0.15) is 21.5 Å². The van der Waals surface area contributed by atoms with Crippen molar-refractivity contribution in [2.75, 3.05) is 0 Å². The number of amides is 1. The molecule has 1 heterocycles. The van der Waals surface area contributed by atoms with Crippen LogP contribution in [0.5, 0.6) is 0 Å². The summed E-state index contributed by atoms with van der Waals surface area (Å²) >= 11 is 3.38. The lowest BCUT2D eigenvalue weighted by Crippen LogP contribution is -3.00. The third-order valence-corrected chi connectivity index (χ3v) is 4.11. The van der Waals surface area contributed by atoms with Gasteiger partial charge in [0.25, 0.3) is 5.91 Å². The number of hydrazone groups is 1. The van der Waals surface area contributed by atoms with Crippen molar-refractivity contribution in [3.05, 3.63) is 100 Å². The molecule has 1 amide bonds. The Bertz CT molecular complexity index is 883. The average molecular weight is 431 g/mol. The van der Waals surface area contributed by atoms with E-state index < -0.39 is 0 Å². The Labute approximate surface area is 167 Å². The summed E-state index contributed by atoms with van der Waals surface area (Å²) in [4.78, 5) is 12.2. The standard InChI is InChI=1S/C20H16BrN3O.ClH/c21-19-10-8-16(9-11-19)13-22-23-20(25)18-7-4-12-24(15-18)14-17-5-2-1-3-6-17;/h1-13,15H,14H2;1H/b22-13+;. The lowest BCUT2D eigenvalue weighted by molar-refractivity contribution is -0.688. The maximum atomic E-state index is 12.2. The van der Waals surface area contributed by atoms with E-state index in [1.165, 1.54) is 5.56 Å². The molecule has 0 fully saturated rings. The molecule has 3 aromatic rings. The van der Waals surface area contributed by atoms with Crippen LogP contribution < -0.4 is 22.4 Å². The first-order chi connectivity index (χ1) is 12.2. The maximum absolute atomic E-state index is 12.2. The predicted octanol–water partition coefficient (Wildman–Crippen LogP) is 0.553. The summed E-state index contributed by atoms with van der Waals surface area (Å²) in [7, 11) is 0. The minimum absolute atomic E-state index is 0. The van der Waals surface area contributed by atoms with Gasteiger partial charge in [-0.2, -0.15) is 9.67 Å². The molecule has 0 aliphatic rings. The number of carbonyl (C=O) groups is 1. The van der Waals surface area contributed by atoms with Crippen LogP contribution in [0.4, 0.5) is 0 Å². The van der Waals surface area contributed by atoms with E-state index in [1.807, 2.05) is 65.5 Å². The summed E-state index contributed by atoms with van der Waals surface area (Å²) in [6, 6.07) is 21.4. The molecule has 1 N–H and O–H groups in total. The Balaban J connectivity index is 0.00000243. The first-order valence-electron chi connectivity index (χ1n) is 7.83. The highest BCUT2D eigenvalue weighted by Crippen LogP contribution is 2.09. The molecule has 132 valence electrons. The second kappa shape index (κ2) is 9.85. The molecular weight excluding hydrogens is 414 g/mol. The molecule has 0 saturated heterocycles. The number of halogens is 2. The van der Waals surface area contributed by atoms with Crippen LogP contribution in [0.2, 0.25) is 0 Å². The zero-order chi connectivity index (χ0) is 17.5. The van der Waals surface area contributed by atoms with Crippen LogP contribution in [-0.2, 0) is 6.54 Å². The molecule has 6 heteroatoms. The fourth-order valence-electron chi connectivity index (χ4n) is 2.33. The zero-order valence-electron chi connectivity index (χ0n) is 13.8. The second-order valence-corrected chi connectivity index (χ2v) is 6.42. The van der Waals surface area contributed by atoms with E-state index in [4.69, 9.17) is 0 Å². The molecule has 0 atom stereocenters. The number of pyridine rings is 1. The van der Waals surface area contributed by atoms with Crippen molar-refractivity contribution in [3.8, 4) is 0 Å². The van der Waals surface area contributed by atoms with Gasteiger partial charge in [0.15, 0.2) is 18.9 Å². The number of hydrogen-bond donors (Lipinski definition) is 1. The summed E-state index contributed by atoms with van der Waals surface area (Å²) in [5.41, 5.74) is 5.21. The highest BCUT2D eigenvalue weighted by Gasteiger charge is 2.10. The van der Waals surface area contributed by atoms with Crippen molar-refractivity contribution in [3.63, 3.8) is 0 Å². The molecule has 0 radical (unpaired) electrons. The Hall–Kier alpha value is -2.50. The number of aromatic nitrogens is 1. The van der Waals surface area contributed by atoms with Gasteiger partial charge in [0.05, 0.1) is 6.21 Å². The van der Waals surface area contributed by atoms with E-state index >= 15 is 0 Å². The fourth-order valence-corrected chi connectivity index (χ4v) is 2.59. The van der Waals surface area contributed by atoms with Gasteiger partial charge in [-0.05, 0) is 23.8 Å². The molecule has 0 unspecified atom stereocenters. The first-order valence-corrected chi connectivity index (χ1v) is 8.62. The van der Waals surface area contributed by atoms with Crippen LogP contribution in [-0.4, -0.2) is 12.1 Å². The van der Waals surface area contributed by atoms with Crippen molar-refractivity contribution in [1.29, 1.82) is 0 Å². The third kappa shape index (κ3) is 5.79. The SMILES string of the molecule is O=C(N/N=C/c1ccc(Br)cc1)c1ccc[n+](Cc2ccccc2)c1.[Cl-]. The molecule has 3 rings (SSSR count). The number of benzene rings is 2. The number of nitrogens with zero attached hydrogens (tertiary/aromatic N) is 2. The van der Waals surface area contributed by atoms with Crippen molar-refractivity contribution >= 4 is 28.1 Å². The molecule has 0 bridgehead atoms. The van der Waals surface area contributed by atoms with Gasteiger partial charge < -0.3 is 12.4 Å². The molecular formula is C20H17BrClN3O. The Morgan fingerprint density at radius 2 is 1.77 bits per heavy atom. The fraction of sp³-hybridized carbons (Fsp3) is 0.0500. The van der Waals surface area contributed by atoms with Gasteiger partial charge in [-0.15, -0.1) is 0 Å². The lowest BCUT2D eigenvalue weighted by Gasteiger charge is -2.01. The van der Waals surface area contributed by atoms with E-state index in [9.17, 15) is 4.79 Å². The monoisotopic (exact) mass is 429 g/mol. The van der Waals surface area contributed by atoms with Gasteiger partial charge in [-0.1, -0.05) is 58.4 Å². The van der Waals surface area contributed by atoms with Gasteiger partial charge in [0.1, 0.15) is 5.56 Å². The van der Waals surface area contributed by atoms with Crippen LogP contribution in [0.3, 0.4) is 0 Å². The van der Waals surface area contributed by atoms with E-state index in [2.05, 4.69) is 38.6 Å². The van der Waals surface area contributed by atoms with E-state index in [0.29, 0.717) is 12.1 Å². The van der Waals surface area contributed by atoms with E-state index in [0.717, 1.165) is 10.0 Å². The quantitative estimate of drug-likeness (QED) is 0.359. The largest absolute Gasteiger partial charge is 1.00 e. The normalized spacial score (nSPS) is 10.3. The smallest absolute Gasteiger partial charge is 0.277 e. The number of carbonyl (C=O) groups excluding carboxylic acids is 1. The van der Waals surface area contributed by atoms with E-state index in [-0.39, 0.29) is 18.3 Å². The minimum atomic E-state index is -0.240. The Morgan fingerprint density at radius 3 is 2.50 bits per heavy atom. The third-order valence-electron chi connectivity index (χ3n) is 3.58. The first kappa shape index (κ1) is 19.8. The van der Waals surface area contributed by atoms with Gasteiger partial charge >= 0.3 is 0 Å². The van der Waals surface area contributed by atoms with Gasteiger partial charge in [-0.3, -0.25) is 4.79 Å². The number of nitrogens with one attached hydrogen (secondary N) is 1. The zero-order valence-corrected chi connectivity index (χ0v) is 16.2. The second-order valence-electron chi connectivity index (χ2n) is 5.50. The van der Waals surface area contributed by atoms with E-state index in [1.54, 1.807) is 12.3 Å². The summed E-state index contributed by atoms with van der Waals surface area (Å²) in [6.45, 7) is 0.712. The van der Waals surface area contributed by atoms with Crippen LogP contribution in [0, 0.1) is 0 Å². The maximum Gasteiger partial charge on any atom is 0.277 e. The number of hydrogen-bond acceptors (Lipinski definition) is 2. The van der Waals surface area contributed by atoms with Crippen molar-refractivity contribution < 1.29 is 21.8 Å². The summed E-state index contributed by atoms with van der Waals surface area (Å²) < 4.78 is 2.98. The van der Waals surface area contributed by atoms with Gasteiger partial charge in [-0.25, -0.2) is 5.43 Å². The van der Waals surface area contributed by atoms with Crippen LogP contribution in [0.15, 0.2) is 88.7 Å². The molecule has 4 nitrogen and oxygen atoms in total. The lowest BCUT2D eigenvalue weighted by atomic mass is 10.2. The molecule has 1 aromatic heterocycles. The molecule has 0 saturated carbocycles. The predicted molar refractivity (Wildman–Crippen MR) is 101 cm³/mol.